The van der Waals surface area contributed by atoms with E-state index < -0.39 is 0 Å². The van der Waals surface area contributed by atoms with Gasteiger partial charge in [0.1, 0.15) is 23.9 Å². The zero-order valence-corrected chi connectivity index (χ0v) is 17.1. The van der Waals surface area contributed by atoms with Crippen LogP contribution in [0.5, 0.6) is 11.5 Å². The van der Waals surface area contributed by atoms with Crippen LogP contribution in [0.2, 0.25) is 0 Å². The summed E-state index contributed by atoms with van der Waals surface area (Å²) in [5.41, 5.74) is 0.708. The van der Waals surface area contributed by atoms with Crippen LogP contribution in [0.3, 0.4) is 0 Å². The second kappa shape index (κ2) is 10.3. The minimum Gasteiger partial charge on any atom is -0.497 e. The lowest BCUT2D eigenvalue weighted by atomic mass is 9.95. The Bertz CT molecular complexity index is 789. The Kier molecular flexibility index (Phi) is 7.47. The van der Waals surface area contributed by atoms with Crippen LogP contribution in [0.1, 0.15) is 25.3 Å². The van der Waals surface area contributed by atoms with E-state index in [0.717, 1.165) is 37.4 Å². The molecule has 0 aromatic heterocycles. The molecule has 0 radical (unpaired) electrons. The molecule has 1 fully saturated rings. The number of carbonyl (C=O) groups excluding carboxylic acids is 1. The van der Waals surface area contributed by atoms with Crippen LogP contribution >= 0.6 is 0 Å². The van der Waals surface area contributed by atoms with Gasteiger partial charge in [0.25, 0.3) is 0 Å². The summed E-state index contributed by atoms with van der Waals surface area (Å²) in [5, 5.41) is 3.05. The molecule has 6 heteroatoms. The van der Waals surface area contributed by atoms with Crippen molar-refractivity contribution in [3.63, 3.8) is 0 Å². The van der Waals surface area contributed by atoms with Crippen LogP contribution < -0.4 is 14.8 Å². The maximum Gasteiger partial charge on any atom is 0.223 e. The predicted molar refractivity (Wildman–Crippen MR) is 110 cm³/mol. The van der Waals surface area contributed by atoms with Gasteiger partial charge in [-0.1, -0.05) is 18.2 Å². The molecule has 1 heterocycles. The van der Waals surface area contributed by atoms with E-state index in [4.69, 9.17) is 9.47 Å². The number of hydrogen-bond acceptors (Lipinski definition) is 4. The summed E-state index contributed by atoms with van der Waals surface area (Å²) in [6.07, 6.45) is 1.57. The molecular weight excluding hydrogens is 371 g/mol. The highest BCUT2D eigenvalue weighted by atomic mass is 19.1. The summed E-state index contributed by atoms with van der Waals surface area (Å²) >= 11 is 0. The van der Waals surface area contributed by atoms with E-state index in [-0.39, 0.29) is 23.7 Å². The number of methoxy groups -OCH3 is 1. The molecule has 29 heavy (non-hydrogen) atoms. The Morgan fingerprint density at radius 1 is 1.14 bits per heavy atom. The molecule has 0 unspecified atom stereocenters. The number of piperidine rings is 1. The van der Waals surface area contributed by atoms with Gasteiger partial charge in [-0.05, 0) is 63.2 Å². The van der Waals surface area contributed by atoms with E-state index in [2.05, 4.69) is 10.2 Å². The van der Waals surface area contributed by atoms with Gasteiger partial charge in [0.15, 0.2) is 0 Å². The van der Waals surface area contributed by atoms with Crippen LogP contribution in [-0.2, 0) is 11.3 Å². The van der Waals surface area contributed by atoms with Crippen LogP contribution in [-0.4, -0.2) is 43.7 Å². The highest BCUT2D eigenvalue weighted by molar-refractivity contribution is 5.79. The lowest BCUT2D eigenvalue weighted by Gasteiger charge is -2.32. The van der Waals surface area contributed by atoms with Crippen molar-refractivity contribution in [2.24, 2.45) is 5.92 Å². The fourth-order valence-electron chi connectivity index (χ4n) is 3.52. The Morgan fingerprint density at radius 2 is 1.79 bits per heavy atom. The summed E-state index contributed by atoms with van der Waals surface area (Å²) in [6, 6.07) is 14.2. The molecule has 5 nitrogen and oxygen atoms in total. The van der Waals surface area contributed by atoms with Gasteiger partial charge in [0, 0.05) is 18.0 Å². The van der Waals surface area contributed by atoms with E-state index in [0.29, 0.717) is 18.7 Å². The van der Waals surface area contributed by atoms with Crippen molar-refractivity contribution in [2.75, 3.05) is 26.8 Å². The minimum atomic E-state index is -0.168. The average Bonchev–Trinajstić information content (AvgIpc) is 2.75. The van der Waals surface area contributed by atoms with Gasteiger partial charge in [-0.2, -0.15) is 0 Å². The first-order valence-corrected chi connectivity index (χ1v) is 10.1. The molecule has 1 aliphatic rings. The second-order valence-electron chi connectivity index (χ2n) is 7.54. The average molecular weight is 400 g/mol. The Morgan fingerprint density at radius 3 is 2.45 bits per heavy atom. The van der Waals surface area contributed by atoms with E-state index >= 15 is 0 Å². The predicted octanol–water partition coefficient (Wildman–Crippen LogP) is 3.63. The molecule has 0 spiro atoms. The van der Waals surface area contributed by atoms with E-state index in [1.165, 1.54) is 6.07 Å². The molecule has 3 rings (SSSR count). The summed E-state index contributed by atoms with van der Waals surface area (Å²) in [7, 11) is 1.62. The highest BCUT2D eigenvalue weighted by Gasteiger charge is 2.26. The van der Waals surface area contributed by atoms with E-state index in [1.54, 1.807) is 13.2 Å². The third-order valence-corrected chi connectivity index (χ3v) is 5.26. The lowest BCUT2D eigenvalue weighted by Crippen LogP contribution is -2.44. The van der Waals surface area contributed by atoms with Gasteiger partial charge in [-0.3, -0.25) is 9.69 Å². The van der Waals surface area contributed by atoms with E-state index in [1.807, 2.05) is 43.3 Å². The van der Waals surface area contributed by atoms with Crippen molar-refractivity contribution in [2.45, 2.75) is 32.4 Å². The first-order chi connectivity index (χ1) is 14.0. The fourth-order valence-corrected chi connectivity index (χ4v) is 3.52. The summed E-state index contributed by atoms with van der Waals surface area (Å²) in [4.78, 5) is 14.8. The minimum absolute atomic E-state index is 0.00435. The van der Waals surface area contributed by atoms with E-state index in [9.17, 15) is 9.18 Å². The standard InChI is InChI=1S/C23H29FN2O3/c1-17(16-29-21-9-7-20(28-2)8-10-21)25-23(27)18-11-13-26(14-12-18)15-19-5-3-4-6-22(19)24/h3-10,17-18H,11-16H2,1-2H3,(H,25,27)/t17-/m0/s1. The van der Waals surface area contributed by atoms with Gasteiger partial charge >= 0.3 is 0 Å². The number of nitrogens with zero attached hydrogens (tertiary/aromatic N) is 1. The normalized spacial score (nSPS) is 16.2. The number of ether oxygens (including phenoxy) is 2. The zero-order chi connectivity index (χ0) is 20.6. The molecule has 0 bridgehead atoms. The molecule has 1 atom stereocenters. The smallest absolute Gasteiger partial charge is 0.223 e. The first-order valence-electron chi connectivity index (χ1n) is 10.1. The van der Waals surface area contributed by atoms with Crippen molar-refractivity contribution in [1.29, 1.82) is 0 Å². The van der Waals surface area contributed by atoms with Crippen molar-refractivity contribution in [3.8, 4) is 11.5 Å². The summed E-state index contributed by atoms with van der Waals surface area (Å²) in [6.45, 7) is 4.53. The molecule has 156 valence electrons. The molecule has 0 aliphatic carbocycles. The number of nitrogens with one attached hydrogen (secondary N) is 1. The lowest BCUT2D eigenvalue weighted by molar-refractivity contribution is -0.127. The molecule has 2 aromatic rings. The van der Waals surface area contributed by atoms with Gasteiger partial charge in [0.2, 0.25) is 5.91 Å². The van der Waals surface area contributed by atoms with Gasteiger partial charge in [-0.15, -0.1) is 0 Å². The van der Waals surface area contributed by atoms with Crippen LogP contribution in [0.25, 0.3) is 0 Å². The maximum absolute atomic E-state index is 13.8. The molecule has 1 aliphatic heterocycles. The maximum atomic E-state index is 13.8. The number of halogens is 1. The Labute approximate surface area is 171 Å². The quantitative estimate of drug-likeness (QED) is 0.735. The zero-order valence-electron chi connectivity index (χ0n) is 17.1. The first kappa shape index (κ1) is 21.1. The Balaban J connectivity index is 1.39. The van der Waals surface area contributed by atoms with Crippen molar-refractivity contribution in [3.05, 3.63) is 59.9 Å². The monoisotopic (exact) mass is 400 g/mol. The van der Waals surface area contributed by atoms with Crippen molar-refractivity contribution in [1.82, 2.24) is 10.2 Å². The molecular formula is C23H29FN2O3. The number of hydrogen-bond donors (Lipinski definition) is 1. The molecule has 2 aromatic carbocycles. The topological polar surface area (TPSA) is 50.8 Å². The summed E-state index contributed by atoms with van der Waals surface area (Å²) in [5.74, 6) is 1.42. The SMILES string of the molecule is COc1ccc(OC[C@H](C)NC(=O)C2CCN(Cc3ccccc3F)CC2)cc1. The largest absolute Gasteiger partial charge is 0.497 e. The molecule has 0 saturated carbocycles. The van der Waals surface area contributed by atoms with Crippen molar-refractivity contribution >= 4 is 5.91 Å². The number of amides is 1. The number of benzene rings is 2. The number of rotatable bonds is 8. The highest BCUT2D eigenvalue weighted by Crippen LogP contribution is 2.21. The van der Waals surface area contributed by atoms with Crippen LogP contribution in [0.15, 0.2) is 48.5 Å². The van der Waals surface area contributed by atoms with Gasteiger partial charge < -0.3 is 14.8 Å². The molecule has 1 N–H and O–H groups in total. The number of likely N-dealkylation sites (tertiary alicyclic amines) is 1. The molecule has 1 saturated heterocycles. The van der Waals surface area contributed by atoms with Crippen molar-refractivity contribution < 1.29 is 18.7 Å². The van der Waals surface area contributed by atoms with Gasteiger partial charge in [0.05, 0.1) is 13.2 Å². The summed E-state index contributed by atoms with van der Waals surface area (Å²) < 4.78 is 24.7. The third-order valence-electron chi connectivity index (χ3n) is 5.26. The third kappa shape index (κ3) is 6.19. The Hall–Kier alpha value is -2.60. The second-order valence-corrected chi connectivity index (χ2v) is 7.54. The van der Waals surface area contributed by atoms with Crippen LogP contribution in [0, 0.1) is 11.7 Å². The molecule has 1 amide bonds. The van der Waals surface area contributed by atoms with Gasteiger partial charge in [-0.25, -0.2) is 4.39 Å². The van der Waals surface area contributed by atoms with Crippen LogP contribution in [0.4, 0.5) is 4.39 Å². The fraction of sp³-hybridized carbons (Fsp3) is 0.435. The number of carbonyl (C=O) groups is 1.